The van der Waals surface area contributed by atoms with Crippen LogP contribution < -0.4 is 5.56 Å². The first-order chi connectivity index (χ1) is 14.9. The van der Waals surface area contributed by atoms with E-state index in [4.69, 9.17) is 4.98 Å². The molecule has 1 N–H and O–H groups in total. The van der Waals surface area contributed by atoms with E-state index in [-0.39, 0.29) is 29.7 Å². The molecule has 2 aliphatic rings. The van der Waals surface area contributed by atoms with Gasteiger partial charge in [0.1, 0.15) is 16.5 Å². The lowest BCUT2D eigenvalue weighted by atomic mass is 9.89. The number of thiophene rings is 1. The van der Waals surface area contributed by atoms with E-state index in [9.17, 15) is 14.0 Å². The van der Waals surface area contributed by atoms with Gasteiger partial charge in [-0.15, -0.1) is 11.3 Å². The third kappa shape index (κ3) is 3.69. The molecular formula is C24H26FN3O2S. The van der Waals surface area contributed by atoms with Gasteiger partial charge < -0.3 is 9.88 Å². The van der Waals surface area contributed by atoms with Gasteiger partial charge in [0, 0.05) is 24.3 Å². The fraction of sp³-hybridized carbons (Fsp3) is 0.458. The van der Waals surface area contributed by atoms with Crippen molar-refractivity contribution >= 4 is 27.5 Å². The smallest absolute Gasteiger partial charge is 0.259 e. The molecule has 31 heavy (non-hydrogen) atoms. The second kappa shape index (κ2) is 7.86. The minimum Gasteiger partial charge on any atom is -0.336 e. The Morgan fingerprint density at radius 3 is 3.00 bits per heavy atom. The first-order valence-corrected chi connectivity index (χ1v) is 11.8. The summed E-state index contributed by atoms with van der Waals surface area (Å²) in [5.41, 5.74) is 3.06. The van der Waals surface area contributed by atoms with Crippen molar-refractivity contribution < 1.29 is 9.18 Å². The number of rotatable bonds is 3. The second-order valence-corrected chi connectivity index (χ2v) is 9.98. The van der Waals surface area contributed by atoms with Crippen LogP contribution in [0.2, 0.25) is 0 Å². The first kappa shape index (κ1) is 20.4. The third-order valence-corrected chi connectivity index (χ3v) is 7.91. The van der Waals surface area contributed by atoms with Gasteiger partial charge in [-0.2, -0.15) is 0 Å². The van der Waals surface area contributed by atoms with E-state index >= 15 is 0 Å². The lowest BCUT2D eigenvalue weighted by Crippen LogP contribution is -2.39. The molecule has 0 radical (unpaired) electrons. The molecule has 0 spiro atoms. The van der Waals surface area contributed by atoms with Crippen LogP contribution in [0.25, 0.3) is 10.2 Å². The molecule has 0 bridgehead atoms. The van der Waals surface area contributed by atoms with Crippen LogP contribution >= 0.6 is 11.3 Å². The maximum absolute atomic E-state index is 13.7. The topological polar surface area (TPSA) is 66.1 Å². The number of carbonyl (C=O) groups excluding carboxylic acids is 1. The minimum atomic E-state index is -0.275. The molecule has 3 heterocycles. The zero-order valence-electron chi connectivity index (χ0n) is 17.8. The first-order valence-electron chi connectivity index (χ1n) is 11.0. The molecule has 162 valence electrons. The van der Waals surface area contributed by atoms with Gasteiger partial charge in [-0.1, -0.05) is 13.0 Å². The van der Waals surface area contributed by atoms with Crippen LogP contribution in [0.4, 0.5) is 4.39 Å². The Balaban J connectivity index is 1.33. The average Bonchev–Trinajstić information content (AvgIpc) is 3.10. The summed E-state index contributed by atoms with van der Waals surface area (Å²) in [5, 5.41) is 0.741. The predicted octanol–water partition coefficient (Wildman–Crippen LogP) is 4.33. The maximum atomic E-state index is 13.7. The number of hydrogen-bond acceptors (Lipinski definition) is 4. The van der Waals surface area contributed by atoms with Crippen molar-refractivity contribution in [3.05, 3.63) is 61.8 Å². The van der Waals surface area contributed by atoms with Crippen LogP contribution in [-0.4, -0.2) is 27.3 Å². The van der Waals surface area contributed by atoms with Gasteiger partial charge >= 0.3 is 0 Å². The van der Waals surface area contributed by atoms with Crippen molar-refractivity contribution in [2.75, 3.05) is 6.54 Å². The highest BCUT2D eigenvalue weighted by Crippen LogP contribution is 2.35. The summed E-state index contributed by atoms with van der Waals surface area (Å²) in [6.45, 7) is 4.81. The van der Waals surface area contributed by atoms with Crippen LogP contribution in [0.1, 0.15) is 60.1 Å². The SMILES string of the molecule is CC1CCc2c(sc3nc(CCC(=O)N4CCc5ccc(F)cc5C4C)[nH]c(=O)c23)C1. The summed E-state index contributed by atoms with van der Waals surface area (Å²) in [6.07, 6.45) is 4.45. The number of hydrogen-bond donors (Lipinski definition) is 1. The molecule has 0 saturated heterocycles. The lowest BCUT2D eigenvalue weighted by molar-refractivity contribution is -0.133. The fourth-order valence-electron chi connectivity index (χ4n) is 5.01. The van der Waals surface area contributed by atoms with Crippen LogP contribution in [-0.2, 0) is 30.5 Å². The number of amides is 1. The van der Waals surface area contributed by atoms with Crippen molar-refractivity contribution in [3.63, 3.8) is 0 Å². The quantitative estimate of drug-likeness (QED) is 0.661. The van der Waals surface area contributed by atoms with Gasteiger partial charge in [-0.25, -0.2) is 9.37 Å². The molecule has 5 rings (SSSR count). The van der Waals surface area contributed by atoms with E-state index in [1.54, 1.807) is 11.3 Å². The number of benzene rings is 1. The largest absolute Gasteiger partial charge is 0.336 e. The highest BCUT2D eigenvalue weighted by atomic mass is 32.1. The number of carbonyl (C=O) groups is 1. The number of aryl methyl sites for hydroxylation is 2. The molecule has 2 aromatic heterocycles. The number of halogens is 1. The van der Waals surface area contributed by atoms with E-state index in [0.717, 1.165) is 47.0 Å². The van der Waals surface area contributed by atoms with E-state index in [2.05, 4.69) is 11.9 Å². The van der Waals surface area contributed by atoms with Crippen LogP contribution in [0.3, 0.4) is 0 Å². The van der Waals surface area contributed by atoms with Crippen molar-refractivity contribution in [3.8, 4) is 0 Å². The molecule has 0 fully saturated rings. The van der Waals surface area contributed by atoms with Crippen LogP contribution in [0, 0.1) is 11.7 Å². The summed E-state index contributed by atoms with van der Waals surface area (Å²) in [4.78, 5) is 37.2. The third-order valence-electron chi connectivity index (χ3n) is 6.76. The Morgan fingerprint density at radius 1 is 1.32 bits per heavy atom. The molecule has 5 nitrogen and oxygen atoms in total. The summed E-state index contributed by atoms with van der Waals surface area (Å²) >= 11 is 1.63. The second-order valence-electron chi connectivity index (χ2n) is 8.90. The Kier molecular flexibility index (Phi) is 5.16. The molecule has 1 amide bonds. The highest BCUT2D eigenvalue weighted by Gasteiger charge is 2.28. The van der Waals surface area contributed by atoms with Crippen LogP contribution in [0.5, 0.6) is 0 Å². The Bertz CT molecular complexity index is 1230. The summed E-state index contributed by atoms with van der Waals surface area (Å²) in [5.74, 6) is 0.933. The molecule has 1 aliphatic carbocycles. The molecule has 2 atom stereocenters. The van der Waals surface area contributed by atoms with Gasteiger partial charge in [0.15, 0.2) is 0 Å². The fourth-order valence-corrected chi connectivity index (χ4v) is 6.41. The number of H-pyrrole nitrogens is 1. The maximum Gasteiger partial charge on any atom is 0.259 e. The van der Waals surface area contributed by atoms with E-state index in [1.165, 1.54) is 22.6 Å². The Hall–Kier alpha value is -2.54. The van der Waals surface area contributed by atoms with Gasteiger partial charge in [-0.3, -0.25) is 9.59 Å². The molecule has 1 aromatic carbocycles. The Labute approximate surface area is 184 Å². The lowest BCUT2D eigenvalue weighted by Gasteiger charge is -2.35. The van der Waals surface area contributed by atoms with Gasteiger partial charge in [-0.05, 0) is 67.3 Å². The van der Waals surface area contributed by atoms with Crippen molar-refractivity contribution in [2.45, 2.75) is 58.4 Å². The highest BCUT2D eigenvalue weighted by molar-refractivity contribution is 7.18. The molecule has 2 unspecified atom stereocenters. The predicted molar refractivity (Wildman–Crippen MR) is 120 cm³/mol. The zero-order valence-corrected chi connectivity index (χ0v) is 18.7. The standard InChI is InChI=1S/C24H26FN3O2S/c1-13-3-6-17-19(11-13)31-24-22(17)23(30)26-20(27-24)7-8-21(29)28-10-9-15-4-5-16(25)12-18(15)14(28)2/h4-5,12-14H,3,6-11H2,1-2H3,(H,26,27,30). The van der Waals surface area contributed by atoms with E-state index in [1.807, 2.05) is 17.9 Å². The summed E-state index contributed by atoms with van der Waals surface area (Å²) < 4.78 is 13.7. The van der Waals surface area contributed by atoms with Gasteiger partial charge in [0.25, 0.3) is 5.56 Å². The Morgan fingerprint density at radius 2 is 2.16 bits per heavy atom. The molecule has 7 heteroatoms. The molecule has 1 aliphatic heterocycles. The van der Waals surface area contributed by atoms with Gasteiger partial charge in [0.05, 0.1) is 11.4 Å². The monoisotopic (exact) mass is 439 g/mol. The van der Waals surface area contributed by atoms with E-state index in [0.29, 0.717) is 24.7 Å². The number of nitrogens with zero attached hydrogens (tertiary/aromatic N) is 2. The number of fused-ring (bicyclic) bond motifs is 4. The number of aromatic amines is 1. The molecule has 3 aromatic rings. The average molecular weight is 440 g/mol. The van der Waals surface area contributed by atoms with Crippen molar-refractivity contribution in [2.24, 2.45) is 5.92 Å². The van der Waals surface area contributed by atoms with E-state index < -0.39 is 0 Å². The van der Waals surface area contributed by atoms with Crippen molar-refractivity contribution in [1.29, 1.82) is 0 Å². The minimum absolute atomic E-state index is 0.00413. The van der Waals surface area contributed by atoms with Gasteiger partial charge in [0.2, 0.25) is 5.91 Å². The number of nitrogens with one attached hydrogen (secondary N) is 1. The summed E-state index contributed by atoms with van der Waals surface area (Å²) in [6, 6.07) is 4.66. The van der Waals surface area contributed by atoms with Crippen molar-refractivity contribution in [1.82, 2.24) is 14.9 Å². The molecular weight excluding hydrogens is 413 g/mol. The normalized spacial score (nSPS) is 20.5. The zero-order chi connectivity index (χ0) is 21.7. The van der Waals surface area contributed by atoms with Crippen LogP contribution in [0.15, 0.2) is 23.0 Å². The molecule has 0 saturated carbocycles. The summed E-state index contributed by atoms with van der Waals surface area (Å²) in [7, 11) is 0. The number of aromatic nitrogens is 2.